The van der Waals surface area contributed by atoms with Gasteiger partial charge in [0, 0.05) is 6.42 Å². The molecule has 8 nitrogen and oxygen atoms in total. The van der Waals surface area contributed by atoms with E-state index in [1.807, 2.05) is 0 Å². The molecule has 0 aliphatic carbocycles. The molecule has 0 aromatic carbocycles. The summed E-state index contributed by atoms with van der Waals surface area (Å²) in [6.07, 6.45) is -0.856. The summed E-state index contributed by atoms with van der Waals surface area (Å²) in [5, 5.41) is 5.91. The van der Waals surface area contributed by atoms with E-state index >= 15 is 0 Å². The Morgan fingerprint density at radius 1 is 0.941 bits per heavy atom. The second-order valence-electron chi connectivity index (χ2n) is 2.75. The molecular weight excluding hydrogens is 305 g/mol. The van der Waals surface area contributed by atoms with Gasteiger partial charge in [-0.25, -0.2) is 0 Å². The molecule has 0 fully saturated rings. The Morgan fingerprint density at radius 2 is 1.24 bits per heavy atom. The zero-order valence-corrected chi connectivity index (χ0v) is 8.93. The normalized spacial score (nSPS) is 11.9. The monoisotopic (exact) mass is 321 g/mol. The van der Waals surface area contributed by atoms with Gasteiger partial charge < -0.3 is 30.4 Å². The first-order valence-corrected chi connectivity index (χ1v) is 6.82. The van der Waals surface area contributed by atoms with E-state index in [9.17, 15) is 14.2 Å². The van der Waals surface area contributed by atoms with Crippen LogP contribution in [-0.2, 0) is 9.13 Å². The fourth-order valence-corrected chi connectivity index (χ4v) is 3.06. The van der Waals surface area contributed by atoms with Crippen molar-refractivity contribution in [3.63, 3.8) is 0 Å². The maximum absolute atomic E-state index is 10.7. The van der Waals surface area contributed by atoms with Crippen LogP contribution in [-0.4, -0.2) is 125 Å². The van der Waals surface area contributed by atoms with E-state index in [1.165, 1.54) is 0 Å². The summed E-state index contributed by atoms with van der Waals surface area (Å²) in [4.78, 5) is 34.5. The molecule has 0 spiro atoms. The minimum absolute atomic E-state index is 0. The van der Waals surface area contributed by atoms with Gasteiger partial charge in [-0.1, -0.05) is 0 Å². The van der Waals surface area contributed by atoms with Crippen molar-refractivity contribution in [2.24, 2.45) is 5.73 Å². The van der Waals surface area contributed by atoms with Crippen LogP contribution in [0.25, 0.3) is 0 Å². The van der Waals surface area contributed by atoms with Crippen LogP contribution in [0, 0.1) is 0 Å². The molecule has 0 radical (unpaired) electrons. The number of hydrogen-bond donors (Lipinski definition) is 6. The van der Waals surface area contributed by atoms with Crippen LogP contribution in [0.3, 0.4) is 0 Å². The quantitative estimate of drug-likeness (QED) is 0.228. The van der Waals surface area contributed by atoms with E-state index < -0.39 is 26.7 Å². The molecule has 0 atom stereocenters. The Bertz CT molecular complexity index is 269. The van der Waals surface area contributed by atoms with Gasteiger partial charge in [0.15, 0.2) is 0 Å². The van der Waals surface area contributed by atoms with Crippen molar-refractivity contribution >= 4 is 104 Å². The Kier molecular flexibility index (Phi) is 18.2. The average Bonchev–Trinajstić information content (AvgIpc) is 1.95. The van der Waals surface area contributed by atoms with Crippen molar-refractivity contribution in [2.75, 3.05) is 6.54 Å². The Labute approximate surface area is 165 Å². The van der Waals surface area contributed by atoms with Gasteiger partial charge in [-0.2, -0.15) is 0 Å². The predicted octanol–water partition coefficient (Wildman–Crippen LogP) is -3.22. The van der Waals surface area contributed by atoms with Gasteiger partial charge in [0.1, 0.15) is 0 Å². The number of nitrogens with two attached hydrogens (primary N) is 1. The molecule has 0 saturated carbocycles. The van der Waals surface area contributed by atoms with Crippen LogP contribution in [0.15, 0.2) is 0 Å². The first-order chi connectivity index (χ1) is 6.06. The third kappa shape index (κ3) is 8.29. The van der Waals surface area contributed by atoms with Gasteiger partial charge in [0.25, 0.3) is 5.08 Å². The Morgan fingerprint density at radius 3 is 1.41 bits per heavy atom. The SMILES string of the molecule is NCCCC(O)(P(=O)(O)O)P(=O)(O)O.[NaH].[NaH].[NaH]. The molecule has 0 heterocycles. The molecule has 17 heavy (non-hydrogen) atoms. The number of hydrogen-bond acceptors (Lipinski definition) is 4. The molecule has 0 aliphatic rings. The first kappa shape index (κ1) is 28.4. The van der Waals surface area contributed by atoms with Gasteiger partial charge in [-0.3, -0.25) is 9.13 Å². The summed E-state index contributed by atoms with van der Waals surface area (Å²) in [5.74, 6) is 0. The minimum atomic E-state index is -5.30. The van der Waals surface area contributed by atoms with Crippen molar-refractivity contribution < 1.29 is 33.8 Å². The van der Waals surface area contributed by atoms with Crippen LogP contribution in [0.2, 0.25) is 0 Å². The fourth-order valence-electron chi connectivity index (χ4n) is 0.800. The van der Waals surface area contributed by atoms with Crippen LogP contribution in [0.1, 0.15) is 12.8 Å². The van der Waals surface area contributed by atoms with E-state index in [4.69, 9.17) is 25.3 Å². The zero-order valence-electron chi connectivity index (χ0n) is 7.15. The molecule has 0 unspecified atom stereocenters. The zero-order chi connectivity index (χ0) is 11.6. The fraction of sp³-hybridized carbons (Fsp3) is 1.00. The molecule has 0 rings (SSSR count). The summed E-state index contributed by atoms with van der Waals surface area (Å²) in [6, 6.07) is 0. The van der Waals surface area contributed by atoms with Gasteiger partial charge in [-0.05, 0) is 13.0 Å². The molecule has 92 valence electrons. The van der Waals surface area contributed by atoms with Gasteiger partial charge >= 0.3 is 104 Å². The Balaban J connectivity index is -0.000000282. The molecule has 0 amide bonds. The van der Waals surface area contributed by atoms with Crippen molar-refractivity contribution in [2.45, 2.75) is 17.9 Å². The molecule has 13 heteroatoms. The maximum atomic E-state index is 10.7. The summed E-state index contributed by atoms with van der Waals surface area (Å²) < 4.78 is 21.4. The van der Waals surface area contributed by atoms with E-state index in [0.717, 1.165) is 0 Å². The summed E-state index contributed by atoms with van der Waals surface area (Å²) in [7, 11) is -10.6. The molecule has 0 aliphatic heterocycles. The van der Waals surface area contributed by atoms with Crippen molar-refractivity contribution in [3.05, 3.63) is 0 Å². The van der Waals surface area contributed by atoms with Crippen molar-refractivity contribution in [3.8, 4) is 0 Å². The van der Waals surface area contributed by atoms with Crippen molar-refractivity contribution in [1.29, 1.82) is 0 Å². The molecule has 0 aromatic rings. The Hall–Kier alpha value is 3.22. The van der Waals surface area contributed by atoms with Crippen LogP contribution in [0.5, 0.6) is 0 Å². The topological polar surface area (TPSA) is 161 Å². The second-order valence-corrected chi connectivity index (χ2v) is 6.76. The van der Waals surface area contributed by atoms with E-state index in [2.05, 4.69) is 0 Å². The second kappa shape index (κ2) is 10.9. The van der Waals surface area contributed by atoms with Gasteiger partial charge in [0.05, 0.1) is 0 Å². The van der Waals surface area contributed by atoms with E-state index in [-0.39, 0.29) is 102 Å². The summed E-state index contributed by atoms with van der Waals surface area (Å²) in [5.41, 5.74) is 5.01. The van der Waals surface area contributed by atoms with Crippen molar-refractivity contribution in [1.82, 2.24) is 0 Å². The molecule has 0 saturated heterocycles. The van der Waals surface area contributed by atoms with E-state index in [1.54, 1.807) is 0 Å². The van der Waals surface area contributed by atoms with Crippen LogP contribution < -0.4 is 5.73 Å². The molecule has 0 bridgehead atoms. The first-order valence-electron chi connectivity index (χ1n) is 3.60. The predicted molar refractivity (Wildman–Crippen MR) is 68.8 cm³/mol. The number of aliphatic hydroxyl groups is 1. The third-order valence-electron chi connectivity index (χ3n) is 1.65. The third-order valence-corrected chi connectivity index (χ3v) is 5.53. The molecule has 7 N–H and O–H groups in total. The molecular formula is C4H16NNa3O7P2. The standard InChI is InChI=1S/C4H13NO7P2.3Na.3H/c5-3-1-2-4(6,13(7,8)9)14(10,11)12;;;;;;/h6H,1-3,5H2,(H2,7,8,9)(H2,10,11,12);;;;;;. The van der Waals surface area contributed by atoms with Crippen LogP contribution >= 0.6 is 15.2 Å². The van der Waals surface area contributed by atoms with Crippen LogP contribution in [0.4, 0.5) is 0 Å². The molecule has 0 aromatic heterocycles. The summed E-state index contributed by atoms with van der Waals surface area (Å²) >= 11 is 0. The van der Waals surface area contributed by atoms with E-state index in [0.29, 0.717) is 0 Å². The van der Waals surface area contributed by atoms with Gasteiger partial charge in [0.2, 0.25) is 0 Å². The number of rotatable bonds is 5. The van der Waals surface area contributed by atoms with Gasteiger partial charge in [-0.15, -0.1) is 0 Å². The summed E-state index contributed by atoms with van der Waals surface area (Å²) in [6.45, 7) is -0.0394. The average molecular weight is 321 g/mol.